The SMILES string of the molecule is O=C(Nc1ccn(Cc2cccc(Cl)c2)n1)c1cccc(C(F)(F)F)c1. The lowest BCUT2D eigenvalue weighted by molar-refractivity contribution is -0.137. The number of nitrogens with zero attached hydrogens (tertiary/aromatic N) is 2. The number of carbonyl (C=O) groups is 1. The first-order valence-corrected chi connectivity index (χ1v) is 7.95. The van der Waals surface area contributed by atoms with Crippen LogP contribution in [0.4, 0.5) is 19.0 Å². The lowest BCUT2D eigenvalue weighted by atomic mass is 10.1. The van der Waals surface area contributed by atoms with Gasteiger partial charge in [-0.1, -0.05) is 29.8 Å². The van der Waals surface area contributed by atoms with Gasteiger partial charge in [-0.25, -0.2) is 0 Å². The van der Waals surface area contributed by atoms with E-state index in [-0.39, 0.29) is 11.4 Å². The summed E-state index contributed by atoms with van der Waals surface area (Å²) in [6.07, 6.45) is -2.85. The summed E-state index contributed by atoms with van der Waals surface area (Å²) in [6.45, 7) is 0.444. The minimum Gasteiger partial charge on any atom is -0.305 e. The summed E-state index contributed by atoms with van der Waals surface area (Å²) in [4.78, 5) is 12.2. The van der Waals surface area contributed by atoms with Gasteiger partial charge in [0.25, 0.3) is 5.91 Å². The van der Waals surface area contributed by atoms with E-state index in [0.29, 0.717) is 11.6 Å². The maximum Gasteiger partial charge on any atom is 0.416 e. The highest BCUT2D eigenvalue weighted by molar-refractivity contribution is 6.30. The van der Waals surface area contributed by atoms with Gasteiger partial charge in [-0.15, -0.1) is 0 Å². The number of hydrogen-bond donors (Lipinski definition) is 1. The monoisotopic (exact) mass is 379 g/mol. The van der Waals surface area contributed by atoms with Crippen LogP contribution in [0.2, 0.25) is 5.02 Å². The topological polar surface area (TPSA) is 46.9 Å². The minimum absolute atomic E-state index is 0.0933. The van der Waals surface area contributed by atoms with Crippen LogP contribution in [0.5, 0.6) is 0 Å². The molecule has 26 heavy (non-hydrogen) atoms. The zero-order chi connectivity index (χ0) is 18.7. The lowest BCUT2D eigenvalue weighted by Gasteiger charge is -2.08. The summed E-state index contributed by atoms with van der Waals surface area (Å²) in [5, 5.41) is 7.29. The average Bonchev–Trinajstić information content (AvgIpc) is 3.01. The zero-order valence-corrected chi connectivity index (χ0v) is 14.1. The Morgan fingerprint density at radius 3 is 2.62 bits per heavy atom. The molecular weight excluding hydrogens is 367 g/mol. The van der Waals surface area contributed by atoms with E-state index in [2.05, 4.69) is 10.4 Å². The molecule has 0 radical (unpaired) electrons. The molecule has 0 aliphatic rings. The molecule has 0 aliphatic heterocycles. The molecule has 1 heterocycles. The Morgan fingerprint density at radius 2 is 1.88 bits per heavy atom. The smallest absolute Gasteiger partial charge is 0.305 e. The summed E-state index contributed by atoms with van der Waals surface area (Å²) in [7, 11) is 0. The Labute approximate surface area is 152 Å². The van der Waals surface area contributed by atoms with Crippen molar-refractivity contribution in [2.45, 2.75) is 12.7 Å². The fraction of sp³-hybridized carbons (Fsp3) is 0.111. The van der Waals surface area contributed by atoms with Gasteiger partial charge in [-0.3, -0.25) is 9.48 Å². The van der Waals surface area contributed by atoms with E-state index >= 15 is 0 Å². The quantitative estimate of drug-likeness (QED) is 0.704. The molecule has 3 aromatic rings. The Bertz CT molecular complexity index is 937. The van der Waals surface area contributed by atoms with Crippen molar-refractivity contribution in [3.63, 3.8) is 0 Å². The Kier molecular flexibility index (Phi) is 4.99. The van der Waals surface area contributed by atoms with Crippen LogP contribution in [-0.4, -0.2) is 15.7 Å². The summed E-state index contributed by atoms with van der Waals surface area (Å²) < 4.78 is 39.8. The van der Waals surface area contributed by atoms with Crippen LogP contribution in [-0.2, 0) is 12.7 Å². The van der Waals surface area contributed by atoms with Crippen molar-refractivity contribution in [2.75, 3.05) is 5.32 Å². The summed E-state index contributed by atoms with van der Waals surface area (Å²) >= 11 is 5.93. The molecule has 3 rings (SSSR count). The second-order valence-corrected chi connectivity index (χ2v) is 6.00. The van der Waals surface area contributed by atoms with Crippen molar-refractivity contribution in [1.82, 2.24) is 9.78 Å². The van der Waals surface area contributed by atoms with Crippen LogP contribution in [0.15, 0.2) is 60.8 Å². The second-order valence-electron chi connectivity index (χ2n) is 5.56. The highest BCUT2D eigenvalue weighted by Crippen LogP contribution is 2.29. The fourth-order valence-corrected chi connectivity index (χ4v) is 2.58. The van der Waals surface area contributed by atoms with Gasteiger partial charge < -0.3 is 5.32 Å². The molecule has 4 nitrogen and oxygen atoms in total. The molecular formula is C18H13ClF3N3O. The normalized spacial score (nSPS) is 11.4. The first-order valence-electron chi connectivity index (χ1n) is 7.58. The van der Waals surface area contributed by atoms with Crippen LogP contribution in [0.3, 0.4) is 0 Å². The van der Waals surface area contributed by atoms with Crippen molar-refractivity contribution in [3.8, 4) is 0 Å². The van der Waals surface area contributed by atoms with Gasteiger partial charge in [-0.05, 0) is 35.9 Å². The van der Waals surface area contributed by atoms with Crippen molar-refractivity contribution < 1.29 is 18.0 Å². The minimum atomic E-state index is -4.51. The summed E-state index contributed by atoms with van der Waals surface area (Å²) in [5.74, 6) is -0.418. The van der Waals surface area contributed by atoms with Crippen molar-refractivity contribution in [1.29, 1.82) is 0 Å². The van der Waals surface area contributed by atoms with Crippen LogP contribution in [0, 0.1) is 0 Å². The largest absolute Gasteiger partial charge is 0.416 e. The maximum atomic E-state index is 12.7. The molecule has 0 saturated carbocycles. The van der Waals surface area contributed by atoms with Crippen LogP contribution >= 0.6 is 11.6 Å². The predicted molar refractivity (Wildman–Crippen MR) is 92.2 cm³/mol. The molecule has 1 N–H and O–H groups in total. The molecule has 0 atom stereocenters. The van der Waals surface area contributed by atoms with E-state index in [0.717, 1.165) is 17.7 Å². The van der Waals surface area contributed by atoms with Crippen LogP contribution < -0.4 is 5.32 Å². The molecule has 2 aromatic carbocycles. The fourth-order valence-electron chi connectivity index (χ4n) is 2.36. The van der Waals surface area contributed by atoms with Gasteiger partial charge in [0.15, 0.2) is 5.82 Å². The van der Waals surface area contributed by atoms with Gasteiger partial charge >= 0.3 is 6.18 Å². The zero-order valence-electron chi connectivity index (χ0n) is 13.3. The standard InChI is InChI=1S/C18H13ClF3N3O/c19-15-6-1-3-12(9-15)11-25-8-7-16(24-25)23-17(26)13-4-2-5-14(10-13)18(20,21)22/h1-10H,11H2,(H,23,24,26). The number of halogens is 4. The van der Waals surface area contributed by atoms with Gasteiger partial charge in [0.2, 0.25) is 0 Å². The third-order valence-corrected chi connectivity index (χ3v) is 3.80. The van der Waals surface area contributed by atoms with E-state index in [1.165, 1.54) is 12.1 Å². The number of amides is 1. The van der Waals surface area contributed by atoms with E-state index < -0.39 is 17.6 Å². The number of benzene rings is 2. The number of aromatic nitrogens is 2. The average molecular weight is 380 g/mol. The number of hydrogen-bond acceptors (Lipinski definition) is 2. The molecule has 8 heteroatoms. The van der Waals surface area contributed by atoms with Crippen molar-refractivity contribution in [2.24, 2.45) is 0 Å². The highest BCUT2D eigenvalue weighted by Gasteiger charge is 2.30. The summed E-state index contributed by atoms with van der Waals surface area (Å²) in [6, 6.07) is 13.0. The second kappa shape index (κ2) is 7.21. The summed E-state index contributed by atoms with van der Waals surface area (Å²) in [5.41, 5.74) is -0.0443. The van der Waals surface area contributed by atoms with E-state index in [9.17, 15) is 18.0 Å². The van der Waals surface area contributed by atoms with E-state index in [1.54, 1.807) is 29.1 Å². The first kappa shape index (κ1) is 18.0. The molecule has 0 bridgehead atoms. The van der Waals surface area contributed by atoms with Crippen molar-refractivity contribution in [3.05, 3.63) is 82.5 Å². The van der Waals surface area contributed by atoms with Gasteiger partial charge in [0, 0.05) is 22.8 Å². The Balaban J connectivity index is 1.70. The third kappa shape index (κ3) is 4.43. The third-order valence-electron chi connectivity index (χ3n) is 3.57. The van der Waals surface area contributed by atoms with Gasteiger partial charge in [0.1, 0.15) is 0 Å². The van der Waals surface area contributed by atoms with Gasteiger partial charge in [-0.2, -0.15) is 18.3 Å². The number of anilines is 1. The molecule has 0 fully saturated rings. The number of alkyl halides is 3. The van der Waals surface area contributed by atoms with E-state index in [1.807, 2.05) is 12.1 Å². The molecule has 134 valence electrons. The number of rotatable bonds is 4. The van der Waals surface area contributed by atoms with Gasteiger partial charge in [0.05, 0.1) is 12.1 Å². The Morgan fingerprint density at radius 1 is 1.12 bits per heavy atom. The maximum absolute atomic E-state index is 12.7. The van der Waals surface area contributed by atoms with Crippen molar-refractivity contribution >= 4 is 23.3 Å². The molecule has 0 unspecified atom stereocenters. The number of nitrogens with one attached hydrogen (secondary N) is 1. The molecule has 0 aliphatic carbocycles. The number of carbonyl (C=O) groups excluding carboxylic acids is 1. The molecule has 0 saturated heterocycles. The predicted octanol–water partition coefficient (Wildman–Crippen LogP) is 4.86. The molecule has 0 spiro atoms. The lowest BCUT2D eigenvalue weighted by Crippen LogP contribution is -2.14. The van der Waals surface area contributed by atoms with Crippen LogP contribution in [0.25, 0.3) is 0 Å². The van der Waals surface area contributed by atoms with E-state index in [4.69, 9.17) is 11.6 Å². The first-order chi connectivity index (χ1) is 12.3. The Hall–Kier alpha value is -2.80. The van der Waals surface area contributed by atoms with Crippen LogP contribution in [0.1, 0.15) is 21.5 Å². The highest BCUT2D eigenvalue weighted by atomic mass is 35.5. The molecule has 1 aromatic heterocycles. The molecule has 1 amide bonds.